The van der Waals surface area contributed by atoms with Crippen LogP contribution in [0.1, 0.15) is 34.8 Å². The molecule has 1 aliphatic heterocycles. The molecule has 0 unspecified atom stereocenters. The number of hydrogen-bond donors (Lipinski definition) is 0. The predicted octanol–water partition coefficient (Wildman–Crippen LogP) is 4.43. The molecule has 1 aromatic carbocycles. The van der Waals surface area contributed by atoms with Crippen LogP contribution in [0.15, 0.2) is 40.5 Å². The lowest BCUT2D eigenvalue weighted by molar-refractivity contribution is 0.0987. The molecule has 18 heavy (non-hydrogen) atoms. The summed E-state index contributed by atoms with van der Waals surface area (Å²) in [4.78, 5) is 11.9. The topological polar surface area (TPSA) is 17.1 Å². The van der Waals surface area contributed by atoms with Crippen LogP contribution in [0, 0.1) is 6.92 Å². The number of rotatable bonds is 3. The van der Waals surface area contributed by atoms with Crippen LogP contribution in [-0.2, 0) is 0 Å². The maximum Gasteiger partial charge on any atom is 0.162 e. The highest BCUT2D eigenvalue weighted by Crippen LogP contribution is 2.22. The van der Waals surface area contributed by atoms with Crippen LogP contribution in [0.5, 0.6) is 0 Å². The third kappa shape index (κ3) is 2.95. The molecule has 0 aliphatic carbocycles. The summed E-state index contributed by atoms with van der Waals surface area (Å²) in [5, 5.41) is 0. The van der Waals surface area contributed by atoms with Crippen molar-refractivity contribution >= 4 is 35.8 Å². The van der Waals surface area contributed by atoms with Crippen LogP contribution in [0.2, 0.25) is 0 Å². The van der Waals surface area contributed by atoms with E-state index >= 15 is 0 Å². The minimum Gasteiger partial charge on any atom is -0.294 e. The van der Waals surface area contributed by atoms with Crippen molar-refractivity contribution in [1.29, 1.82) is 0 Å². The molecule has 1 aromatic rings. The van der Waals surface area contributed by atoms with E-state index in [-0.39, 0.29) is 26.5 Å². The summed E-state index contributed by atoms with van der Waals surface area (Å²) in [5.41, 5.74) is 4.16. The van der Waals surface area contributed by atoms with Crippen molar-refractivity contribution in [2.45, 2.75) is 20.3 Å². The predicted molar refractivity (Wildman–Crippen MR) is 86.5 cm³/mol. The van der Waals surface area contributed by atoms with Crippen molar-refractivity contribution in [3.8, 4) is 0 Å². The number of hydrogen-bond acceptors (Lipinski definition) is 1. The standard InChI is InChI=1S/C16H15IO/c1-3-16(18)15-11-14(7-6-12(15)2)13-5-4-9-17-10-8-13/h4-8,10-11H,3H2,1-2H3. The third-order valence-corrected chi connectivity index (χ3v) is 4.33. The molecule has 92 valence electrons. The molecule has 0 radical (unpaired) electrons. The van der Waals surface area contributed by atoms with E-state index in [4.69, 9.17) is 0 Å². The van der Waals surface area contributed by atoms with Crippen molar-refractivity contribution < 1.29 is 4.79 Å². The van der Waals surface area contributed by atoms with E-state index in [1.54, 1.807) is 0 Å². The number of carbonyl (C=O) groups is 1. The summed E-state index contributed by atoms with van der Waals surface area (Å²) in [7, 11) is 0. The Morgan fingerprint density at radius 2 is 2.22 bits per heavy atom. The fraction of sp³-hybridized carbons (Fsp3) is 0.188. The molecule has 2 rings (SSSR count). The lowest BCUT2D eigenvalue weighted by Gasteiger charge is -2.08. The molecular formula is C16H15IO. The Hall–Kier alpha value is -1.25. The Kier molecular flexibility index (Phi) is 4.45. The first-order valence-corrected chi connectivity index (χ1v) is 8.27. The molecule has 0 atom stereocenters. The van der Waals surface area contributed by atoms with E-state index in [0.717, 1.165) is 22.3 Å². The fourth-order valence-electron chi connectivity index (χ4n) is 1.83. The van der Waals surface area contributed by atoms with Gasteiger partial charge in [-0.2, -0.15) is 0 Å². The number of benzene rings is 1. The van der Waals surface area contributed by atoms with E-state index in [2.05, 4.69) is 26.0 Å². The average molecular weight is 350 g/mol. The zero-order valence-corrected chi connectivity index (χ0v) is 12.7. The van der Waals surface area contributed by atoms with Crippen molar-refractivity contribution in [3.05, 3.63) is 57.2 Å². The van der Waals surface area contributed by atoms with Gasteiger partial charge in [-0.05, 0) is 72.7 Å². The van der Waals surface area contributed by atoms with Crippen LogP contribution in [0.25, 0.3) is 5.57 Å². The van der Waals surface area contributed by atoms with Gasteiger partial charge in [-0.15, -0.1) is 0 Å². The molecule has 0 bridgehead atoms. The van der Waals surface area contributed by atoms with E-state index in [1.807, 2.05) is 32.1 Å². The van der Waals surface area contributed by atoms with Gasteiger partial charge in [0.1, 0.15) is 0 Å². The number of halogens is 1. The summed E-state index contributed by atoms with van der Waals surface area (Å²) in [6.45, 7) is 3.89. The molecule has 1 nitrogen and oxygen atoms in total. The van der Waals surface area contributed by atoms with Crippen LogP contribution in [0.4, 0.5) is 0 Å². The minimum absolute atomic E-state index is 0.0673. The zero-order valence-electron chi connectivity index (χ0n) is 10.5. The van der Waals surface area contributed by atoms with Gasteiger partial charge in [0, 0.05) is 12.0 Å². The van der Waals surface area contributed by atoms with Gasteiger partial charge in [0.25, 0.3) is 0 Å². The van der Waals surface area contributed by atoms with E-state index < -0.39 is 0 Å². The highest BCUT2D eigenvalue weighted by Gasteiger charge is 2.09. The molecule has 0 N–H and O–H groups in total. The Bertz CT molecular complexity index is 600. The molecule has 2 heteroatoms. The van der Waals surface area contributed by atoms with Crippen LogP contribution in [0.3, 0.4) is 0 Å². The second kappa shape index (κ2) is 6.07. The molecule has 0 aromatic heterocycles. The highest BCUT2D eigenvalue weighted by molar-refractivity contribution is 14.2. The second-order valence-electron chi connectivity index (χ2n) is 4.11. The summed E-state index contributed by atoms with van der Waals surface area (Å²) in [6, 6.07) is 6.12. The summed E-state index contributed by atoms with van der Waals surface area (Å²) in [5.74, 6) is 0.210. The van der Waals surface area contributed by atoms with Gasteiger partial charge < -0.3 is 0 Å². The SMILES string of the molecule is CCC(=O)c1cc(C2=CC=C=IC=C2)ccc1C. The quantitative estimate of drug-likeness (QED) is 0.582. The Balaban J connectivity index is 2.45. The molecule has 0 amide bonds. The monoisotopic (exact) mass is 350 g/mol. The number of carbonyl (C=O) groups excluding carboxylic acids is 1. The van der Waals surface area contributed by atoms with Gasteiger partial charge in [-0.3, -0.25) is 4.79 Å². The maximum atomic E-state index is 11.9. The Morgan fingerprint density at radius 3 is 3.00 bits per heavy atom. The Morgan fingerprint density at radius 1 is 1.39 bits per heavy atom. The normalized spacial score (nSPS) is 13.8. The van der Waals surface area contributed by atoms with Crippen molar-refractivity contribution in [2.24, 2.45) is 0 Å². The van der Waals surface area contributed by atoms with Crippen molar-refractivity contribution in [2.75, 3.05) is 0 Å². The molecule has 0 saturated carbocycles. The number of allylic oxidation sites excluding steroid dienone is 4. The zero-order chi connectivity index (χ0) is 13.0. The summed E-state index contributed by atoms with van der Waals surface area (Å²) < 4.78 is 5.45. The molecule has 1 aliphatic rings. The maximum absolute atomic E-state index is 11.9. The summed E-state index contributed by atoms with van der Waals surface area (Å²) in [6.07, 6.45) is 6.74. The largest absolute Gasteiger partial charge is 0.294 e. The first-order valence-electron chi connectivity index (χ1n) is 5.94. The first kappa shape index (κ1) is 13.2. The lowest BCUT2D eigenvalue weighted by Crippen LogP contribution is -2.00. The van der Waals surface area contributed by atoms with Crippen molar-refractivity contribution in [3.63, 3.8) is 0 Å². The Labute approximate surface area is 118 Å². The van der Waals surface area contributed by atoms with E-state index in [0.29, 0.717) is 6.42 Å². The van der Waals surface area contributed by atoms with Gasteiger partial charge in [-0.1, -0.05) is 22.7 Å². The third-order valence-electron chi connectivity index (χ3n) is 2.89. The smallest absolute Gasteiger partial charge is 0.162 e. The minimum atomic E-state index is -0.0673. The van der Waals surface area contributed by atoms with Crippen LogP contribution < -0.4 is 0 Å². The van der Waals surface area contributed by atoms with E-state index in [9.17, 15) is 4.79 Å². The second-order valence-corrected chi connectivity index (χ2v) is 6.07. The van der Waals surface area contributed by atoms with Crippen molar-refractivity contribution in [1.82, 2.24) is 0 Å². The van der Waals surface area contributed by atoms with E-state index in [1.165, 1.54) is 0 Å². The van der Waals surface area contributed by atoms with Gasteiger partial charge in [-0.25, -0.2) is 0 Å². The molecule has 0 saturated heterocycles. The number of aryl methyl sites for hydroxylation is 1. The van der Waals surface area contributed by atoms with Gasteiger partial charge in [0.15, 0.2) is 5.78 Å². The fourth-order valence-corrected chi connectivity index (χ4v) is 3.00. The van der Waals surface area contributed by atoms with Gasteiger partial charge in [0.2, 0.25) is 0 Å². The lowest BCUT2D eigenvalue weighted by atomic mass is 9.96. The molecule has 0 fully saturated rings. The number of Topliss-reactive ketones (excluding diaryl/α,β-unsaturated/α-hetero) is 1. The first-order chi connectivity index (χ1) is 8.72. The molecular weight excluding hydrogens is 335 g/mol. The molecule has 0 spiro atoms. The van der Waals surface area contributed by atoms with Gasteiger partial charge >= 0.3 is 0 Å². The van der Waals surface area contributed by atoms with Crippen LogP contribution >= 0.6 is 20.7 Å². The average Bonchev–Trinajstić information content (AvgIpc) is 2.67. The van der Waals surface area contributed by atoms with Gasteiger partial charge in [0.05, 0.1) is 0 Å². The number of ketones is 1. The summed E-state index contributed by atoms with van der Waals surface area (Å²) >= 11 is -0.0673. The van der Waals surface area contributed by atoms with Crippen LogP contribution in [-0.4, -0.2) is 9.45 Å². The highest BCUT2D eigenvalue weighted by atomic mass is 127. The molecule has 1 heterocycles.